The largest absolute Gasteiger partial charge is 0.465 e. The average molecular weight is 360 g/mol. The summed E-state index contributed by atoms with van der Waals surface area (Å²) in [6.07, 6.45) is 5.50. The molecule has 0 aromatic heterocycles. The maximum absolute atomic E-state index is 12.4. The summed E-state index contributed by atoms with van der Waals surface area (Å²) in [5.41, 5.74) is -0.610. The monoisotopic (exact) mass is 360 g/mol. The van der Waals surface area contributed by atoms with E-state index >= 15 is 0 Å². The topological polar surface area (TPSA) is 107 Å². The molecule has 0 bridgehead atoms. The van der Waals surface area contributed by atoms with Crippen LogP contribution in [0.4, 0.5) is 5.69 Å². The summed E-state index contributed by atoms with van der Waals surface area (Å²) in [5.74, 6) is -1.44. The van der Waals surface area contributed by atoms with Crippen LogP contribution in [-0.2, 0) is 9.53 Å². The lowest BCUT2D eigenvalue weighted by molar-refractivity contribution is -0.385. The van der Waals surface area contributed by atoms with Gasteiger partial charge in [0.05, 0.1) is 23.5 Å². The van der Waals surface area contributed by atoms with Gasteiger partial charge in [0, 0.05) is 12.6 Å². The predicted molar refractivity (Wildman–Crippen MR) is 90.6 cm³/mol. The highest BCUT2D eigenvalue weighted by atomic mass is 16.6. The second-order valence-electron chi connectivity index (χ2n) is 6.66. The predicted octanol–water partition coefficient (Wildman–Crippen LogP) is 2.70. The standard InChI is InChI=1S/C18H20N2O6/c21-15(26-11-12-5-2-1-3-6-12)9-10-19-17(22)13-7-4-8-14(20(24)25)16(13)18(19)23/h4,7-8,12H,1-3,5-6,9-11H2. The van der Waals surface area contributed by atoms with Crippen molar-refractivity contribution >= 4 is 23.5 Å². The first kappa shape index (κ1) is 18.0. The smallest absolute Gasteiger partial charge is 0.307 e. The van der Waals surface area contributed by atoms with E-state index in [1.807, 2.05) is 0 Å². The fraction of sp³-hybridized carbons (Fsp3) is 0.500. The van der Waals surface area contributed by atoms with Crippen molar-refractivity contribution in [2.24, 2.45) is 5.92 Å². The van der Waals surface area contributed by atoms with Gasteiger partial charge in [0.1, 0.15) is 5.56 Å². The Bertz CT molecular complexity index is 754. The van der Waals surface area contributed by atoms with Crippen molar-refractivity contribution in [3.05, 3.63) is 39.4 Å². The number of hydrogen-bond donors (Lipinski definition) is 0. The third-order valence-corrected chi connectivity index (χ3v) is 4.92. The van der Waals surface area contributed by atoms with Crippen molar-refractivity contribution in [1.82, 2.24) is 4.90 Å². The van der Waals surface area contributed by atoms with Crippen LogP contribution in [0.2, 0.25) is 0 Å². The lowest BCUT2D eigenvalue weighted by Gasteiger charge is -2.21. The zero-order valence-electron chi connectivity index (χ0n) is 14.3. The van der Waals surface area contributed by atoms with Gasteiger partial charge in [-0.25, -0.2) is 0 Å². The van der Waals surface area contributed by atoms with Crippen molar-refractivity contribution in [1.29, 1.82) is 0 Å². The Morgan fingerprint density at radius 3 is 2.62 bits per heavy atom. The molecule has 0 N–H and O–H groups in total. The maximum Gasteiger partial charge on any atom is 0.307 e. The molecule has 1 aliphatic heterocycles. The van der Waals surface area contributed by atoms with Gasteiger partial charge in [0.2, 0.25) is 0 Å². The van der Waals surface area contributed by atoms with Crippen LogP contribution in [0.1, 0.15) is 59.2 Å². The molecule has 0 unspecified atom stereocenters. The van der Waals surface area contributed by atoms with Crippen LogP contribution in [0, 0.1) is 16.0 Å². The molecule has 1 aromatic rings. The van der Waals surface area contributed by atoms with Crippen molar-refractivity contribution in [3.63, 3.8) is 0 Å². The third kappa shape index (κ3) is 3.58. The van der Waals surface area contributed by atoms with E-state index in [0.29, 0.717) is 12.5 Å². The number of benzene rings is 1. The summed E-state index contributed by atoms with van der Waals surface area (Å²) in [6.45, 7) is 0.222. The lowest BCUT2D eigenvalue weighted by atomic mass is 9.90. The average Bonchev–Trinajstić information content (AvgIpc) is 2.89. The van der Waals surface area contributed by atoms with E-state index in [4.69, 9.17) is 4.74 Å². The lowest BCUT2D eigenvalue weighted by Crippen LogP contribution is -2.32. The highest BCUT2D eigenvalue weighted by Crippen LogP contribution is 2.30. The number of carbonyl (C=O) groups excluding carboxylic acids is 3. The van der Waals surface area contributed by atoms with Gasteiger partial charge in [-0.2, -0.15) is 0 Å². The summed E-state index contributed by atoms with van der Waals surface area (Å²) in [4.78, 5) is 47.9. The van der Waals surface area contributed by atoms with E-state index in [0.717, 1.165) is 30.6 Å². The molecule has 0 spiro atoms. The highest BCUT2D eigenvalue weighted by Gasteiger charge is 2.40. The van der Waals surface area contributed by atoms with Crippen LogP contribution in [0.3, 0.4) is 0 Å². The number of nitro groups is 1. The van der Waals surface area contributed by atoms with E-state index in [-0.39, 0.29) is 24.1 Å². The van der Waals surface area contributed by atoms with E-state index in [1.165, 1.54) is 24.6 Å². The van der Waals surface area contributed by atoms with Crippen LogP contribution in [0.5, 0.6) is 0 Å². The van der Waals surface area contributed by atoms with Gasteiger partial charge in [0.25, 0.3) is 17.5 Å². The Kier molecular flexibility index (Phi) is 5.29. The first-order valence-corrected chi connectivity index (χ1v) is 8.78. The second kappa shape index (κ2) is 7.63. The number of esters is 1. The summed E-state index contributed by atoms with van der Waals surface area (Å²) < 4.78 is 5.25. The number of ether oxygens (including phenoxy) is 1. The SMILES string of the molecule is O=C(CCN1C(=O)c2cccc([N+](=O)[O-])c2C1=O)OCC1CCCCC1. The number of imide groups is 1. The van der Waals surface area contributed by atoms with Gasteiger partial charge in [0.15, 0.2) is 0 Å². The molecule has 0 radical (unpaired) electrons. The van der Waals surface area contributed by atoms with Crippen molar-refractivity contribution in [3.8, 4) is 0 Å². The van der Waals surface area contributed by atoms with Gasteiger partial charge in [-0.05, 0) is 24.8 Å². The number of hydrogen-bond acceptors (Lipinski definition) is 6. The molecular weight excluding hydrogens is 340 g/mol. The number of amides is 2. The molecule has 1 fully saturated rings. The second-order valence-corrected chi connectivity index (χ2v) is 6.66. The number of nitrogens with zero attached hydrogens (tertiary/aromatic N) is 2. The summed E-state index contributed by atoms with van der Waals surface area (Å²) in [5, 5.41) is 11.1. The van der Waals surface area contributed by atoms with Crippen LogP contribution in [0.15, 0.2) is 18.2 Å². The zero-order valence-corrected chi connectivity index (χ0v) is 14.3. The van der Waals surface area contributed by atoms with Crippen molar-refractivity contribution in [2.45, 2.75) is 38.5 Å². The van der Waals surface area contributed by atoms with E-state index in [2.05, 4.69) is 0 Å². The molecule has 2 amide bonds. The summed E-state index contributed by atoms with van der Waals surface area (Å²) in [7, 11) is 0. The van der Waals surface area contributed by atoms with Gasteiger partial charge in [-0.15, -0.1) is 0 Å². The normalized spacial score (nSPS) is 17.3. The summed E-state index contributed by atoms with van der Waals surface area (Å²) >= 11 is 0. The number of rotatable bonds is 6. The molecule has 1 heterocycles. The molecule has 3 rings (SSSR count). The fourth-order valence-electron chi connectivity index (χ4n) is 3.51. The number of carbonyl (C=O) groups is 3. The third-order valence-electron chi connectivity index (χ3n) is 4.92. The van der Waals surface area contributed by atoms with Crippen LogP contribution >= 0.6 is 0 Å². The minimum atomic E-state index is -0.739. The van der Waals surface area contributed by atoms with Gasteiger partial charge in [-0.3, -0.25) is 29.4 Å². The van der Waals surface area contributed by atoms with Crippen LogP contribution in [-0.4, -0.2) is 40.8 Å². The zero-order chi connectivity index (χ0) is 18.7. The Morgan fingerprint density at radius 1 is 1.19 bits per heavy atom. The highest BCUT2D eigenvalue weighted by molar-refractivity contribution is 6.23. The molecule has 0 atom stereocenters. The molecule has 2 aliphatic rings. The van der Waals surface area contributed by atoms with Crippen LogP contribution in [0.25, 0.3) is 0 Å². The molecule has 1 aromatic carbocycles. The van der Waals surface area contributed by atoms with Gasteiger partial charge < -0.3 is 4.74 Å². The Balaban J connectivity index is 1.58. The van der Waals surface area contributed by atoms with Crippen molar-refractivity contribution < 1.29 is 24.0 Å². The molecule has 0 saturated heterocycles. The number of nitro benzene ring substituents is 1. The summed E-state index contributed by atoms with van der Waals surface area (Å²) in [6, 6.07) is 3.93. The molecule has 138 valence electrons. The molecule has 1 saturated carbocycles. The minimum absolute atomic E-state index is 0.000210. The van der Waals surface area contributed by atoms with Gasteiger partial charge in [-0.1, -0.05) is 25.3 Å². The van der Waals surface area contributed by atoms with Crippen molar-refractivity contribution in [2.75, 3.05) is 13.2 Å². The van der Waals surface area contributed by atoms with E-state index in [9.17, 15) is 24.5 Å². The maximum atomic E-state index is 12.4. The fourth-order valence-corrected chi connectivity index (χ4v) is 3.51. The Hall–Kier alpha value is -2.77. The molecule has 8 heteroatoms. The number of fused-ring (bicyclic) bond motifs is 1. The van der Waals surface area contributed by atoms with Gasteiger partial charge >= 0.3 is 5.97 Å². The van der Waals surface area contributed by atoms with E-state index < -0.39 is 28.4 Å². The Labute approximate surface area is 150 Å². The molecular formula is C18H20N2O6. The Morgan fingerprint density at radius 2 is 1.92 bits per heavy atom. The van der Waals surface area contributed by atoms with Crippen LogP contribution < -0.4 is 0 Å². The first-order chi connectivity index (χ1) is 12.5. The first-order valence-electron chi connectivity index (χ1n) is 8.78. The quantitative estimate of drug-likeness (QED) is 0.334. The molecule has 26 heavy (non-hydrogen) atoms. The minimum Gasteiger partial charge on any atom is -0.465 e. The molecule has 8 nitrogen and oxygen atoms in total. The molecule has 1 aliphatic carbocycles. The van der Waals surface area contributed by atoms with E-state index in [1.54, 1.807) is 0 Å².